The minimum atomic E-state index is -0.278. The molecule has 0 spiro atoms. The van der Waals surface area contributed by atoms with Crippen molar-refractivity contribution < 1.29 is 4.74 Å². The molecular weight excluding hydrogens is 230 g/mol. The van der Waals surface area contributed by atoms with Gasteiger partial charge in [0.15, 0.2) is 0 Å². The SMILES string of the molecule is CCCn1nncc1C(NN)C1(C)CCCCO1. The number of hydrogen-bond donors (Lipinski definition) is 2. The van der Waals surface area contributed by atoms with Crippen molar-refractivity contribution in [1.29, 1.82) is 0 Å². The summed E-state index contributed by atoms with van der Waals surface area (Å²) in [4.78, 5) is 0. The molecule has 6 nitrogen and oxygen atoms in total. The lowest BCUT2D eigenvalue weighted by Gasteiger charge is -2.40. The van der Waals surface area contributed by atoms with Crippen LogP contribution in [0.15, 0.2) is 6.20 Å². The Morgan fingerprint density at radius 2 is 2.44 bits per heavy atom. The second kappa shape index (κ2) is 5.77. The third kappa shape index (κ3) is 2.55. The van der Waals surface area contributed by atoms with E-state index in [4.69, 9.17) is 10.6 Å². The normalized spacial score (nSPS) is 26.2. The van der Waals surface area contributed by atoms with Gasteiger partial charge in [-0.2, -0.15) is 0 Å². The van der Waals surface area contributed by atoms with Crippen LogP contribution in [0.5, 0.6) is 0 Å². The molecule has 0 saturated carbocycles. The van der Waals surface area contributed by atoms with E-state index in [9.17, 15) is 0 Å². The Bertz CT molecular complexity index is 372. The molecule has 1 aliphatic heterocycles. The molecular formula is C12H23N5O. The van der Waals surface area contributed by atoms with Gasteiger partial charge in [0, 0.05) is 13.2 Å². The van der Waals surface area contributed by atoms with Crippen LogP contribution in [0.2, 0.25) is 0 Å². The predicted octanol–water partition coefficient (Wildman–Crippen LogP) is 1.15. The lowest BCUT2D eigenvalue weighted by atomic mass is 9.87. The van der Waals surface area contributed by atoms with Crippen molar-refractivity contribution in [1.82, 2.24) is 20.4 Å². The first-order valence-electron chi connectivity index (χ1n) is 6.69. The quantitative estimate of drug-likeness (QED) is 0.608. The van der Waals surface area contributed by atoms with Gasteiger partial charge in [0.25, 0.3) is 0 Å². The van der Waals surface area contributed by atoms with Crippen molar-refractivity contribution in [2.24, 2.45) is 5.84 Å². The van der Waals surface area contributed by atoms with Crippen LogP contribution in [0.3, 0.4) is 0 Å². The number of aromatic nitrogens is 3. The third-order valence-corrected chi connectivity index (χ3v) is 3.66. The average molecular weight is 253 g/mol. The zero-order valence-electron chi connectivity index (χ0n) is 11.2. The van der Waals surface area contributed by atoms with Gasteiger partial charge in [-0.25, -0.2) is 10.1 Å². The van der Waals surface area contributed by atoms with E-state index in [1.807, 2.05) is 4.68 Å². The number of nitrogens with two attached hydrogens (primary N) is 1. The van der Waals surface area contributed by atoms with E-state index in [-0.39, 0.29) is 11.6 Å². The largest absolute Gasteiger partial charge is 0.373 e. The van der Waals surface area contributed by atoms with Crippen molar-refractivity contribution in [3.05, 3.63) is 11.9 Å². The summed E-state index contributed by atoms with van der Waals surface area (Å²) < 4.78 is 7.87. The van der Waals surface area contributed by atoms with E-state index in [2.05, 4.69) is 29.6 Å². The minimum Gasteiger partial charge on any atom is -0.373 e. The van der Waals surface area contributed by atoms with Crippen molar-refractivity contribution in [2.45, 2.75) is 57.7 Å². The van der Waals surface area contributed by atoms with Crippen molar-refractivity contribution in [2.75, 3.05) is 6.61 Å². The Morgan fingerprint density at radius 1 is 1.61 bits per heavy atom. The Kier molecular flexibility index (Phi) is 4.31. The molecule has 2 atom stereocenters. The molecule has 3 N–H and O–H groups in total. The fourth-order valence-electron chi connectivity index (χ4n) is 2.63. The van der Waals surface area contributed by atoms with E-state index in [0.717, 1.165) is 38.1 Å². The number of nitrogens with zero attached hydrogens (tertiary/aromatic N) is 3. The molecule has 1 fully saturated rings. The van der Waals surface area contributed by atoms with Crippen molar-refractivity contribution in [3.63, 3.8) is 0 Å². The minimum absolute atomic E-state index is 0.0700. The maximum atomic E-state index is 5.96. The van der Waals surface area contributed by atoms with Crippen LogP contribution in [0, 0.1) is 0 Å². The zero-order valence-corrected chi connectivity index (χ0v) is 11.2. The van der Waals surface area contributed by atoms with Gasteiger partial charge in [-0.05, 0) is 32.6 Å². The number of hydrogen-bond acceptors (Lipinski definition) is 5. The smallest absolute Gasteiger partial charge is 0.0931 e. The molecule has 2 rings (SSSR count). The molecule has 1 aromatic heterocycles. The molecule has 102 valence electrons. The summed E-state index contributed by atoms with van der Waals surface area (Å²) in [6.45, 7) is 5.88. The van der Waals surface area contributed by atoms with E-state index in [0.29, 0.717) is 0 Å². The van der Waals surface area contributed by atoms with Crippen LogP contribution in [0.25, 0.3) is 0 Å². The summed E-state index contributed by atoms with van der Waals surface area (Å²) in [6, 6.07) is -0.0700. The highest BCUT2D eigenvalue weighted by Crippen LogP contribution is 2.35. The van der Waals surface area contributed by atoms with E-state index < -0.39 is 0 Å². The van der Waals surface area contributed by atoms with Crippen molar-refractivity contribution >= 4 is 0 Å². The maximum Gasteiger partial charge on any atom is 0.0931 e. The van der Waals surface area contributed by atoms with E-state index >= 15 is 0 Å². The highest BCUT2D eigenvalue weighted by atomic mass is 16.5. The first kappa shape index (κ1) is 13.5. The fourth-order valence-corrected chi connectivity index (χ4v) is 2.63. The molecule has 2 unspecified atom stereocenters. The molecule has 18 heavy (non-hydrogen) atoms. The van der Waals surface area contributed by atoms with Crippen LogP contribution >= 0.6 is 0 Å². The molecule has 0 aromatic carbocycles. The van der Waals surface area contributed by atoms with Gasteiger partial charge in [0.2, 0.25) is 0 Å². The van der Waals surface area contributed by atoms with Crippen LogP contribution in [-0.4, -0.2) is 27.2 Å². The van der Waals surface area contributed by atoms with Crippen LogP contribution < -0.4 is 11.3 Å². The molecule has 0 amide bonds. The Hall–Kier alpha value is -0.980. The second-order valence-electron chi connectivity index (χ2n) is 5.10. The Balaban J connectivity index is 2.23. The Morgan fingerprint density at radius 3 is 3.06 bits per heavy atom. The van der Waals surface area contributed by atoms with Gasteiger partial charge >= 0.3 is 0 Å². The third-order valence-electron chi connectivity index (χ3n) is 3.66. The number of nitrogens with one attached hydrogen (secondary N) is 1. The zero-order chi connectivity index (χ0) is 13.0. The summed E-state index contributed by atoms with van der Waals surface area (Å²) in [5.74, 6) is 5.75. The molecule has 0 radical (unpaired) electrons. The lowest BCUT2D eigenvalue weighted by molar-refractivity contribution is -0.0914. The standard InChI is InChI=1S/C12H23N5O/c1-3-7-17-10(9-14-16-17)11(15-13)12(2)6-4-5-8-18-12/h9,11,15H,3-8,13H2,1-2H3. The number of rotatable bonds is 5. The monoisotopic (exact) mass is 253 g/mol. The van der Waals surface area contributed by atoms with Gasteiger partial charge in [-0.3, -0.25) is 5.84 Å². The molecule has 1 aromatic rings. The molecule has 0 aliphatic carbocycles. The summed E-state index contributed by atoms with van der Waals surface area (Å²) >= 11 is 0. The second-order valence-corrected chi connectivity index (χ2v) is 5.10. The van der Waals surface area contributed by atoms with Gasteiger partial charge in [0.05, 0.1) is 23.5 Å². The first-order valence-corrected chi connectivity index (χ1v) is 6.69. The van der Waals surface area contributed by atoms with Gasteiger partial charge in [0.1, 0.15) is 0 Å². The first-order chi connectivity index (χ1) is 8.71. The fraction of sp³-hybridized carbons (Fsp3) is 0.833. The highest BCUT2D eigenvalue weighted by Gasteiger charge is 2.39. The maximum absolute atomic E-state index is 5.96. The molecule has 1 saturated heterocycles. The van der Waals surface area contributed by atoms with Gasteiger partial charge in [-0.15, -0.1) is 5.10 Å². The van der Waals surface area contributed by atoms with E-state index in [1.165, 1.54) is 6.42 Å². The van der Waals surface area contributed by atoms with Crippen LogP contribution in [0.4, 0.5) is 0 Å². The summed E-state index contributed by atoms with van der Waals surface area (Å²) in [5.41, 5.74) is 3.61. The predicted molar refractivity (Wildman–Crippen MR) is 68.6 cm³/mol. The van der Waals surface area contributed by atoms with Gasteiger partial charge in [-0.1, -0.05) is 12.1 Å². The van der Waals surface area contributed by atoms with Crippen molar-refractivity contribution in [3.8, 4) is 0 Å². The summed E-state index contributed by atoms with van der Waals surface area (Å²) in [7, 11) is 0. The van der Waals surface area contributed by atoms with Gasteiger partial charge < -0.3 is 4.74 Å². The highest BCUT2D eigenvalue weighted by molar-refractivity contribution is 5.09. The molecule has 0 bridgehead atoms. The number of hydrazine groups is 1. The molecule has 1 aliphatic rings. The molecule has 6 heteroatoms. The summed E-state index contributed by atoms with van der Waals surface area (Å²) in [6.07, 6.45) is 6.09. The number of ether oxygens (including phenoxy) is 1. The Labute approximate surface area is 108 Å². The number of aryl methyl sites for hydroxylation is 1. The van der Waals surface area contributed by atoms with Crippen LogP contribution in [0.1, 0.15) is 51.3 Å². The summed E-state index contributed by atoms with van der Waals surface area (Å²) in [5, 5.41) is 8.11. The average Bonchev–Trinajstić information content (AvgIpc) is 2.79. The lowest BCUT2D eigenvalue weighted by Crippen LogP contribution is -2.49. The molecule has 2 heterocycles. The topological polar surface area (TPSA) is 78.0 Å². The van der Waals surface area contributed by atoms with Crippen LogP contribution in [-0.2, 0) is 11.3 Å². The van der Waals surface area contributed by atoms with E-state index in [1.54, 1.807) is 6.20 Å².